The van der Waals surface area contributed by atoms with E-state index in [9.17, 15) is 4.79 Å². The van der Waals surface area contributed by atoms with Gasteiger partial charge < -0.3 is 10.9 Å². The molecule has 3 heteroatoms. The van der Waals surface area contributed by atoms with Gasteiger partial charge in [0, 0.05) is 6.92 Å². The molecule has 17 heavy (non-hydrogen) atoms. The first-order valence-corrected chi connectivity index (χ1v) is 5.96. The summed E-state index contributed by atoms with van der Waals surface area (Å²) in [6.45, 7) is 7.84. The normalized spacial score (nSPS) is 9.65. The Morgan fingerprint density at radius 3 is 2.06 bits per heavy atom. The van der Waals surface area contributed by atoms with Gasteiger partial charge in [-0.25, -0.2) is 0 Å². The Balaban J connectivity index is 0.00000256. The Hall–Kier alpha value is -1.35. The van der Waals surface area contributed by atoms with Gasteiger partial charge in [0.2, 0.25) is 0 Å². The fourth-order valence-corrected chi connectivity index (χ4v) is 2.13. The average molecular weight is 237 g/mol. The van der Waals surface area contributed by atoms with E-state index in [0.717, 1.165) is 25.0 Å². The summed E-state index contributed by atoms with van der Waals surface area (Å²) in [7, 11) is 0. The number of esters is 1. The molecule has 0 aromatic heterocycles. The Morgan fingerprint density at radius 1 is 1.06 bits per heavy atom. The second-order valence-electron chi connectivity index (χ2n) is 3.83. The predicted octanol–water partition coefficient (Wildman–Crippen LogP) is 3.46. The van der Waals surface area contributed by atoms with Crippen LogP contribution in [0.5, 0.6) is 5.75 Å². The molecule has 1 aromatic rings. The van der Waals surface area contributed by atoms with E-state index >= 15 is 0 Å². The number of hydrogen-bond acceptors (Lipinski definition) is 3. The van der Waals surface area contributed by atoms with E-state index in [0.29, 0.717) is 0 Å². The quantitative estimate of drug-likeness (QED) is 0.644. The molecule has 0 amide bonds. The molecule has 0 aliphatic carbocycles. The maximum Gasteiger partial charge on any atom is 0.308 e. The molecule has 0 aliphatic heterocycles. The molecule has 1 aromatic carbocycles. The molecule has 96 valence electrons. The third kappa shape index (κ3) is 3.56. The maximum atomic E-state index is 11.0. The highest BCUT2D eigenvalue weighted by Crippen LogP contribution is 2.27. The molecule has 3 N–H and O–H groups in total. The molecule has 0 aliphatic rings. The maximum absolute atomic E-state index is 11.0. The van der Waals surface area contributed by atoms with Crippen molar-refractivity contribution in [2.45, 2.75) is 47.0 Å². The highest BCUT2D eigenvalue weighted by molar-refractivity contribution is 5.70. The number of hydrogen-bond donors (Lipinski definition) is 1. The molecule has 0 heterocycles. The summed E-state index contributed by atoms with van der Waals surface area (Å²) in [5.74, 6) is 0.477. The first kappa shape index (κ1) is 15.7. The molecular formula is C14H23NO2. The lowest BCUT2D eigenvalue weighted by atomic mass is 9.95. The van der Waals surface area contributed by atoms with Crippen LogP contribution < -0.4 is 10.9 Å². The molecule has 0 atom stereocenters. The number of carbonyl (C=O) groups excluding carboxylic acids is 1. The lowest BCUT2D eigenvalue weighted by molar-refractivity contribution is -0.131. The summed E-state index contributed by atoms with van der Waals surface area (Å²) < 4.78 is 5.24. The SMILES string of the molecule is CCc1ccc(OC(C)=O)c(CC)c1CC.N. The highest BCUT2D eigenvalue weighted by Gasteiger charge is 2.11. The number of rotatable bonds is 4. The third-order valence-corrected chi connectivity index (χ3v) is 2.83. The van der Waals surface area contributed by atoms with E-state index < -0.39 is 0 Å². The summed E-state index contributed by atoms with van der Waals surface area (Å²) in [5.41, 5.74) is 3.87. The molecule has 3 nitrogen and oxygen atoms in total. The zero-order chi connectivity index (χ0) is 12.1. The first-order chi connectivity index (χ1) is 7.63. The van der Waals surface area contributed by atoms with Crippen molar-refractivity contribution in [3.63, 3.8) is 0 Å². The van der Waals surface area contributed by atoms with Gasteiger partial charge in [-0.1, -0.05) is 26.8 Å². The van der Waals surface area contributed by atoms with Crippen LogP contribution in [0.3, 0.4) is 0 Å². The summed E-state index contributed by atoms with van der Waals surface area (Å²) in [6, 6.07) is 3.98. The smallest absolute Gasteiger partial charge is 0.308 e. The Kier molecular flexibility index (Phi) is 6.51. The minimum atomic E-state index is -0.249. The second kappa shape index (κ2) is 7.07. The molecule has 1 rings (SSSR count). The monoisotopic (exact) mass is 237 g/mol. The van der Waals surface area contributed by atoms with Gasteiger partial charge in [-0.2, -0.15) is 0 Å². The van der Waals surface area contributed by atoms with Crippen LogP contribution in [0.2, 0.25) is 0 Å². The molecule has 0 bridgehead atoms. The van der Waals surface area contributed by atoms with Crippen molar-refractivity contribution in [1.29, 1.82) is 0 Å². The number of aryl methyl sites for hydroxylation is 1. The van der Waals surface area contributed by atoms with Crippen LogP contribution >= 0.6 is 0 Å². The topological polar surface area (TPSA) is 61.3 Å². The van der Waals surface area contributed by atoms with Crippen LogP contribution in [0.1, 0.15) is 44.4 Å². The summed E-state index contributed by atoms with van der Waals surface area (Å²) >= 11 is 0. The summed E-state index contributed by atoms with van der Waals surface area (Å²) in [4.78, 5) is 11.0. The van der Waals surface area contributed by atoms with Crippen molar-refractivity contribution in [1.82, 2.24) is 6.15 Å². The van der Waals surface area contributed by atoms with Gasteiger partial charge in [0.25, 0.3) is 0 Å². The van der Waals surface area contributed by atoms with Crippen molar-refractivity contribution < 1.29 is 9.53 Å². The van der Waals surface area contributed by atoms with Gasteiger partial charge in [0.05, 0.1) is 0 Å². The molecule has 0 fully saturated rings. The van der Waals surface area contributed by atoms with Crippen LogP contribution in [-0.4, -0.2) is 5.97 Å². The third-order valence-electron chi connectivity index (χ3n) is 2.83. The van der Waals surface area contributed by atoms with Crippen LogP contribution in [0.25, 0.3) is 0 Å². The van der Waals surface area contributed by atoms with Crippen LogP contribution in [0, 0.1) is 0 Å². The second-order valence-corrected chi connectivity index (χ2v) is 3.83. The zero-order valence-corrected chi connectivity index (χ0v) is 11.3. The van der Waals surface area contributed by atoms with E-state index in [2.05, 4.69) is 26.8 Å². The van der Waals surface area contributed by atoms with Gasteiger partial charge in [-0.15, -0.1) is 0 Å². The number of carbonyl (C=O) groups is 1. The predicted molar refractivity (Wildman–Crippen MR) is 70.9 cm³/mol. The van der Waals surface area contributed by atoms with Gasteiger partial charge >= 0.3 is 5.97 Å². The number of benzene rings is 1. The van der Waals surface area contributed by atoms with Crippen LogP contribution in [-0.2, 0) is 24.1 Å². The van der Waals surface area contributed by atoms with Gasteiger partial charge in [0.1, 0.15) is 5.75 Å². The first-order valence-electron chi connectivity index (χ1n) is 5.96. The minimum absolute atomic E-state index is 0. The van der Waals surface area contributed by atoms with E-state index in [1.807, 2.05) is 6.07 Å². The highest BCUT2D eigenvalue weighted by atomic mass is 16.5. The Bertz CT molecular complexity index is 386. The zero-order valence-electron chi connectivity index (χ0n) is 11.3. The summed E-state index contributed by atoms with van der Waals surface area (Å²) in [5, 5.41) is 0. The van der Waals surface area contributed by atoms with Crippen LogP contribution in [0.15, 0.2) is 12.1 Å². The van der Waals surface area contributed by atoms with Gasteiger partial charge in [0.15, 0.2) is 0 Å². The van der Waals surface area contributed by atoms with Crippen LogP contribution in [0.4, 0.5) is 0 Å². The molecular weight excluding hydrogens is 214 g/mol. The average Bonchev–Trinajstić information content (AvgIpc) is 2.27. The Labute approximate surface area is 104 Å². The van der Waals surface area contributed by atoms with Crippen molar-refractivity contribution in [2.24, 2.45) is 0 Å². The van der Waals surface area contributed by atoms with Crippen molar-refractivity contribution >= 4 is 5.97 Å². The molecule has 0 saturated heterocycles. The lowest BCUT2D eigenvalue weighted by Gasteiger charge is -2.15. The molecule has 0 radical (unpaired) electrons. The van der Waals surface area contributed by atoms with Gasteiger partial charge in [-0.3, -0.25) is 4.79 Å². The molecule has 0 saturated carbocycles. The number of ether oxygens (including phenoxy) is 1. The fourth-order valence-electron chi connectivity index (χ4n) is 2.13. The summed E-state index contributed by atoms with van der Waals surface area (Å²) in [6.07, 6.45) is 2.91. The minimum Gasteiger partial charge on any atom is -0.426 e. The fraction of sp³-hybridized carbons (Fsp3) is 0.500. The van der Waals surface area contributed by atoms with Crippen molar-refractivity contribution in [3.05, 3.63) is 28.8 Å². The molecule has 0 spiro atoms. The lowest BCUT2D eigenvalue weighted by Crippen LogP contribution is -2.07. The largest absolute Gasteiger partial charge is 0.426 e. The van der Waals surface area contributed by atoms with Crippen molar-refractivity contribution in [2.75, 3.05) is 0 Å². The van der Waals surface area contributed by atoms with Gasteiger partial charge in [-0.05, 0) is 42.0 Å². The Morgan fingerprint density at radius 2 is 1.65 bits per heavy atom. The van der Waals surface area contributed by atoms with E-state index in [4.69, 9.17) is 4.74 Å². The van der Waals surface area contributed by atoms with E-state index in [1.54, 1.807) is 0 Å². The van der Waals surface area contributed by atoms with Crippen molar-refractivity contribution in [3.8, 4) is 5.75 Å². The standard InChI is InChI=1S/C14H20O2.H3N/c1-5-11-8-9-14(16-10(4)15)13(7-3)12(11)6-2;/h8-9H,5-7H2,1-4H3;1H3. The van der Waals surface area contributed by atoms with E-state index in [1.165, 1.54) is 23.6 Å². The van der Waals surface area contributed by atoms with E-state index in [-0.39, 0.29) is 12.1 Å². The molecule has 0 unspecified atom stereocenters.